The van der Waals surface area contributed by atoms with E-state index in [0.29, 0.717) is 35.0 Å². The van der Waals surface area contributed by atoms with Crippen LogP contribution in [0, 0.1) is 6.92 Å². The van der Waals surface area contributed by atoms with E-state index in [0.717, 1.165) is 11.1 Å². The highest BCUT2D eigenvalue weighted by molar-refractivity contribution is 7.91. The van der Waals surface area contributed by atoms with Gasteiger partial charge < -0.3 is 9.47 Å². The van der Waals surface area contributed by atoms with Crippen molar-refractivity contribution >= 4 is 15.6 Å². The first-order chi connectivity index (χ1) is 18.9. The van der Waals surface area contributed by atoms with Crippen LogP contribution in [0.15, 0.2) is 137 Å². The van der Waals surface area contributed by atoms with Crippen LogP contribution >= 0.6 is 0 Å². The molecule has 0 aliphatic carbocycles. The van der Waals surface area contributed by atoms with Crippen LogP contribution in [-0.2, 0) is 16.4 Å². The molecule has 0 amide bonds. The molecule has 5 nitrogen and oxygen atoms in total. The van der Waals surface area contributed by atoms with Crippen molar-refractivity contribution in [2.24, 2.45) is 0 Å². The van der Waals surface area contributed by atoms with Crippen molar-refractivity contribution in [1.29, 1.82) is 0 Å². The quantitative estimate of drug-likeness (QED) is 0.184. The lowest BCUT2D eigenvalue weighted by molar-refractivity contribution is 0.103. The number of carbonyl (C=O) groups excluding carboxylic acids is 1. The summed E-state index contributed by atoms with van der Waals surface area (Å²) in [5.41, 5.74) is 3.31. The lowest BCUT2D eigenvalue weighted by Gasteiger charge is -2.10. The van der Waals surface area contributed by atoms with E-state index in [1.54, 1.807) is 60.7 Å². The highest BCUT2D eigenvalue weighted by Gasteiger charge is 2.18. The zero-order chi connectivity index (χ0) is 27.2. The number of benzene rings is 5. The maximum absolute atomic E-state index is 13.1. The topological polar surface area (TPSA) is 69.7 Å². The maximum atomic E-state index is 13.1. The fourth-order valence-corrected chi connectivity index (χ4v) is 5.22. The second-order valence-corrected chi connectivity index (χ2v) is 11.0. The fourth-order valence-electron chi connectivity index (χ4n) is 3.96. The predicted octanol–water partition coefficient (Wildman–Crippen LogP) is 7.43. The van der Waals surface area contributed by atoms with Gasteiger partial charge in [-0.15, -0.1) is 0 Å². The van der Waals surface area contributed by atoms with Crippen molar-refractivity contribution in [3.05, 3.63) is 150 Å². The molecule has 0 bridgehead atoms. The van der Waals surface area contributed by atoms with E-state index < -0.39 is 9.84 Å². The highest BCUT2D eigenvalue weighted by Crippen LogP contribution is 2.28. The number of hydrogen-bond donors (Lipinski definition) is 0. The Labute approximate surface area is 228 Å². The van der Waals surface area contributed by atoms with E-state index in [2.05, 4.69) is 0 Å². The number of ether oxygens (including phenoxy) is 2. The van der Waals surface area contributed by atoms with Crippen LogP contribution in [0.4, 0.5) is 0 Å². The molecule has 5 aromatic rings. The third kappa shape index (κ3) is 6.25. The van der Waals surface area contributed by atoms with Crippen molar-refractivity contribution in [1.82, 2.24) is 0 Å². The normalized spacial score (nSPS) is 11.1. The minimum atomic E-state index is -3.71. The van der Waals surface area contributed by atoms with Crippen molar-refractivity contribution in [3.8, 4) is 17.2 Å². The van der Waals surface area contributed by atoms with Crippen LogP contribution in [0.25, 0.3) is 0 Å². The summed E-state index contributed by atoms with van der Waals surface area (Å²) in [6.45, 7) is 2.38. The van der Waals surface area contributed by atoms with Crippen LogP contribution in [-0.4, -0.2) is 14.2 Å². The average Bonchev–Trinajstić information content (AvgIpc) is 2.97. The van der Waals surface area contributed by atoms with Gasteiger partial charge in [0.15, 0.2) is 5.78 Å². The predicted molar refractivity (Wildman–Crippen MR) is 150 cm³/mol. The molecule has 0 atom stereocenters. The van der Waals surface area contributed by atoms with E-state index >= 15 is 0 Å². The Hall–Kier alpha value is -4.68. The number of hydrogen-bond acceptors (Lipinski definition) is 5. The van der Waals surface area contributed by atoms with E-state index in [-0.39, 0.29) is 15.6 Å². The summed E-state index contributed by atoms with van der Waals surface area (Å²) in [6, 6.07) is 36.7. The summed E-state index contributed by atoms with van der Waals surface area (Å²) in [7, 11) is -3.71. The van der Waals surface area contributed by atoms with Gasteiger partial charge in [-0.25, -0.2) is 8.42 Å². The highest BCUT2D eigenvalue weighted by atomic mass is 32.2. The van der Waals surface area contributed by atoms with Crippen molar-refractivity contribution in [2.45, 2.75) is 23.3 Å². The average molecular weight is 535 g/mol. The van der Waals surface area contributed by atoms with E-state index in [9.17, 15) is 13.2 Å². The molecule has 5 aromatic carbocycles. The standard InChI is InChI=1S/C33H26O5S/c1-24-7-9-26(10-8-24)33(34)27-11-13-29(14-12-27)38-30-17-21-32(22-18-30)39(35,36)31-19-15-28(16-20-31)37-23-25-5-3-2-4-6-25/h2-22H,23H2,1H3. The SMILES string of the molecule is Cc1ccc(C(=O)c2ccc(Oc3ccc(S(=O)(=O)c4ccc(OCc5ccccc5)cc4)cc3)cc2)cc1. The van der Waals surface area contributed by atoms with Crippen LogP contribution < -0.4 is 9.47 Å². The summed E-state index contributed by atoms with van der Waals surface area (Å²) in [5, 5.41) is 0. The van der Waals surface area contributed by atoms with Gasteiger partial charge in [0.25, 0.3) is 0 Å². The summed E-state index contributed by atoms with van der Waals surface area (Å²) in [4.78, 5) is 13.0. The molecule has 0 aliphatic heterocycles. The van der Waals surface area contributed by atoms with Crippen LogP contribution in [0.1, 0.15) is 27.0 Å². The number of rotatable bonds is 9. The summed E-state index contributed by atoms with van der Waals surface area (Å²) in [5.74, 6) is 1.55. The Balaban J connectivity index is 1.22. The van der Waals surface area contributed by atoms with Gasteiger partial charge in [0.1, 0.15) is 23.9 Å². The zero-order valence-electron chi connectivity index (χ0n) is 21.3. The van der Waals surface area contributed by atoms with Gasteiger partial charge in [0, 0.05) is 11.1 Å². The van der Waals surface area contributed by atoms with Gasteiger partial charge in [0.05, 0.1) is 9.79 Å². The molecule has 0 saturated heterocycles. The minimum Gasteiger partial charge on any atom is -0.489 e. The third-order valence-electron chi connectivity index (χ3n) is 6.18. The summed E-state index contributed by atoms with van der Waals surface area (Å²) in [6.07, 6.45) is 0. The Morgan fingerprint density at radius 2 is 1.05 bits per heavy atom. The van der Waals surface area contributed by atoms with E-state index in [1.165, 1.54) is 12.1 Å². The Morgan fingerprint density at radius 3 is 1.59 bits per heavy atom. The molecular formula is C33H26O5S. The Kier molecular flexibility index (Phi) is 7.57. The molecule has 0 spiro atoms. The molecule has 0 unspecified atom stereocenters. The molecule has 0 radical (unpaired) electrons. The number of carbonyl (C=O) groups is 1. The molecule has 0 fully saturated rings. The monoisotopic (exact) mass is 534 g/mol. The number of aryl methyl sites for hydroxylation is 1. The van der Waals surface area contributed by atoms with Crippen molar-refractivity contribution in [3.63, 3.8) is 0 Å². The molecule has 6 heteroatoms. The first-order valence-corrected chi connectivity index (χ1v) is 13.9. The molecule has 39 heavy (non-hydrogen) atoms. The number of sulfone groups is 1. The molecular weight excluding hydrogens is 508 g/mol. The van der Waals surface area contributed by atoms with Crippen molar-refractivity contribution in [2.75, 3.05) is 0 Å². The molecule has 0 aliphatic rings. The van der Waals surface area contributed by atoms with E-state index in [4.69, 9.17) is 9.47 Å². The van der Waals surface area contributed by atoms with Crippen LogP contribution in [0.3, 0.4) is 0 Å². The fraction of sp³-hybridized carbons (Fsp3) is 0.0606. The van der Waals surface area contributed by atoms with Crippen LogP contribution in [0.2, 0.25) is 0 Å². The lowest BCUT2D eigenvalue weighted by Crippen LogP contribution is -2.02. The second kappa shape index (κ2) is 11.4. The lowest BCUT2D eigenvalue weighted by atomic mass is 10.0. The molecule has 0 saturated carbocycles. The van der Waals surface area contributed by atoms with E-state index in [1.807, 2.05) is 61.5 Å². The van der Waals surface area contributed by atoms with Gasteiger partial charge in [-0.05, 0) is 85.3 Å². The van der Waals surface area contributed by atoms with Crippen molar-refractivity contribution < 1.29 is 22.7 Å². The summed E-state index contributed by atoms with van der Waals surface area (Å²) >= 11 is 0. The molecule has 0 heterocycles. The van der Waals surface area contributed by atoms with Gasteiger partial charge >= 0.3 is 0 Å². The second-order valence-electron chi connectivity index (χ2n) is 9.04. The largest absolute Gasteiger partial charge is 0.489 e. The molecule has 5 rings (SSSR count). The summed E-state index contributed by atoms with van der Waals surface area (Å²) < 4.78 is 37.9. The van der Waals surface area contributed by atoms with Crippen LogP contribution in [0.5, 0.6) is 17.2 Å². The Bertz CT molecular complexity index is 1660. The van der Waals surface area contributed by atoms with Gasteiger partial charge in [-0.3, -0.25) is 4.79 Å². The third-order valence-corrected chi connectivity index (χ3v) is 7.97. The van der Waals surface area contributed by atoms with Gasteiger partial charge in [-0.2, -0.15) is 0 Å². The first kappa shape index (κ1) is 25.9. The molecule has 0 aromatic heterocycles. The maximum Gasteiger partial charge on any atom is 0.206 e. The number of ketones is 1. The Morgan fingerprint density at radius 1 is 0.590 bits per heavy atom. The molecule has 194 valence electrons. The zero-order valence-corrected chi connectivity index (χ0v) is 22.1. The smallest absolute Gasteiger partial charge is 0.206 e. The molecule has 0 N–H and O–H groups in total. The van der Waals surface area contributed by atoms with Gasteiger partial charge in [0.2, 0.25) is 9.84 Å². The van der Waals surface area contributed by atoms with Gasteiger partial charge in [-0.1, -0.05) is 60.2 Å². The first-order valence-electron chi connectivity index (χ1n) is 12.4. The minimum absolute atomic E-state index is 0.0631.